The third-order valence-corrected chi connectivity index (χ3v) is 3.64. The Morgan fingerprint density at radius 1 is 1.16 bits per heavy atom. The molecule has 3 aromatic rings. The van der Waals surface area contributed by atoms with Gasteiger partial charge < -0.3 is 10.1 Å². The molecule has 0 aliphatic carbocycles. The van der Waals surface area contributed by atoms with Crippen LogP contribution < -0.4 is 10.1 Å². The molecule has 3 rings (SSSR count). The Morgan fingerprint density at radius 2 is 1.92 bits per heavy atom. The minimum absolute atomic E-state index is 0.114. The number of anilines is 1. The second kappa shape index (κ2) is 7.61. The maximum atomic E-state index is 12.2. The molecule has 128 valence electrons. The fourth-order valence-electron chi connectivity index (χ4n) is 2.60. The normalized spacial score (nSPS) is 10.5. The molecule has 0 aliphatic heterocycles. The number of benzene rings is 2. The van der Waals surface area contributed by atoms with Crippen molar-refractivity contribution in [3.8, 4) is 11.4 Å². The molecule has 25 heavy (non-hydrogen) atoms. The summed E-state index contributed by atoms with van der Waals surface area (Å²) in [5.74, 6) is 0.672. The lowest BCUT2D eigenvalue weighted by atomic mass is 10.1. The SMILES string of the molecule is Cc1cc(C)cc(OCCC(=O)Nc2ccccc2-n2cncn2)c1. The molecule has 6 heteroatoms. The number of carbonyl (C=O) groups excluding carboxylic acids is 1. The number of para-hydroxylation sites is 2. The fraction of sp³-hybridized carbons (Fsp3) is 0.211. The third-order valence-electron chi connectivity index (χ3n) is 3.64. The molecule has 0 fully saturated rings. The van der Waals surface area contributed by atoms with Crippen molar-refractivity contribution in [3.05, 3.63) is 66.2 Å². The van der Waals surface area contributed by atoms with Gasteiger partial charge in [0.05, 0.1) is 24.4 Å². The van der Waals surface area contributed by atoms with Gasteiger partial charge in [-0.3, -0.25) is 4.79 Å². The summed E-state index contributed by atoms with van der Waals surface area (Å²) < 4.78 is 7.30. The Morgan fingerprint density at radius 3 is 2.64 bits per heavy atom. The van der Waals surface area contributed by atoms with E-state index in [0.717, 1.165) is 22.6 Å². The number of amides is 1. The Kier molecular flexibility index (Phi) is 5.09. The van der Waals surface area contributed by atoms with E-state index in [1.165, 1.54) is 6.33 Å². The molecule has 0 radical (unpaired) electrons. The van der Waals surface area contributed by atoms with Crippen molar-refractivity contribution in [2.24, 2.45) is 0 Å². The van der Waals surface area contributed by atoms with Gasteiger partial charge in [-0.05, 0) is 49.2 Å². The van der Waals surface area contributed by atoms with Crippen molar-refractivity contribution >= 4 is 11.6 Å². The molecule has 0 saturated heterocycles. The van der Waals surface area contributed by atoms with Gasteiger partial charge >= 0.3 is 0 Å². The lowest BCUT2D eigenvalue weighted by Gasteiger charge is -2.11. The molecule has 0 bridgehead atoms. The average Bonchev–Trinajstić information content (AvgIpc) is 3.09. The number of nitrogens with one attached hydrogen (secondary N) is 1. The Bertz CT molecular complexity index is 839. The van der Waals surface area contributed by atoms with Crippen LogP contribution in [-0.2, 0) is 4.79 Å². The lowest BCUT2D eigenvalue weighted by Crippen LogP contribution is -2.16. The number of carbonyl (C=O) groups is 1. The third kappa shape index (κ3) is 4.44. The zero-order valence-corrected chi connectivity index (χ0v) is 14.3. The van der Waals surface area contributed by atoms with Crippen LogP contribution in [0.5, 0.6) is 5.75 Å². The molecule has 0 unspecified atom stereocenters. The van der Waals surface area contributed by atoms with E-state index < -0.39 is 0 Å². The smallest absolute Gasteiger partial charge is 0.227 e. The number of ether oxygens (including phenoxy) is 1. The highest BCUT2D eigenvalue weighted by atomic mass is 16.5. The monoisotopic (exact) mass is 336 g/mol. The summed E-state index contributed by atoms with van der Waals surface area (Å²) in [7, 11) is 0. The Labute approximate surface area is 146 Å². The summed E-state index contributed by atoms with van der Waals surface area (Å²) in [5, 5.41) is 7.00. The van der Waals surface area contributed by atoms with Crippen molar-refractivity contribution in [1.29, 1.82) is 0 Å². The molecule has 0 aliphatic rings. The molecule has 1 amide bonds. The van der Waals surface area contributed by atoms with E-state index >= 15 is 0 Å². The number of hydrogen-bond donors (Lipinski definition) is 1. The van der Waals surface area contributed by atoms with Gasteiger partial charge in [-0.15, -0.1) is 0 Å². The number of rotatable bonds is 6. The number of aromatic nitrogens is 3. The molecular formula is C19H20N4O2. The van der Waals surface area contributed by atoms with Crippen molar-refractivity contribution in [3.63, 3.8) is 0 Å². The van der Waals surface area contributed by atoms with Crippen LogP contribution in [0.4, 0.5) is 5.69 Å². The van der Waals surface area contributed by atoms with E-state index in [2.05, 4.69) is 21.5 Å². The van der Waals surface area contributed by atoms with Crippen LogP contribution in [0.3, 0.4) is 0 Å². The molecule has 1 N–H and O–H groups in total. The number of nitrogens with zero attached hydrogens (tertiary/aromatic N) is 3. The number of aryl methyl sites for hydroxylation is 2. The van der Waals surface area contributed by atoms with E-state index in [9.17, 15) is 4.79 Å². The van der Waals surface area contributed by atoms with Crippen LogP contribution in [0.1, 0.15) is 17.5 Å². The molecule has 0 saturated carbocycles. The van der Waals surface area contributed by atoms with Gasteiger partial charge in [0.2, 0.25) is 5.91 Å². The molecule has 0 spiro atoms. The standard InChI is InChI=1S/C19H20N4O2/c1-14-9-15(2)11-16(10-14)25-8-7-19(24)22-17-5-3-4-6-18(17)23-13-20-12-21-23/h3-6,9-13H,7-8H2,1-2H3,(H,22,24). The Balaban J connectivity index is 1.58. The zero-order chi connectivity index (χ0) is 17.6. The van der Waals surface area contributed by atoms with E-state index in [4.69, 9.17) is 4.74 Å². The van der Waals surface area contributed by atoms with Crippen molar-refractivity contribution in [2.45, 2.75) is 20.3 Å². The zero-order valence-electron chi connectivity index (χ0n) is 14.3. The van der Waals surface area contributed by atoms with Gasteiger partial charge in [0, 0.05) is 0 Å². The quantitative estimate of drug-likeness (QED) is 0.750. The average molecular weight is 336 g/mol. The van der Waals surface area contributed by atoms with Gasteiger partial charge in [-0.1, -0.05) is 18.2 Å². The minimum atomic E-state index is -0.114. The summed E-state index contributed by atoms with van der Waals surface area (Å²) in [6.07, 6.45) is 3.31. The van der Waals surface area contributed by atoms with E-state index in [-0.39, 0.29) is 12.3 Å². The van der Waals surface area contributed by atoms with E-state index in [0.29, 0.717) is 12.3 Å². The van der Waals surface area contributed by atoms with Crippen LogP contribution in [0.25, 0.3) is 5.69 Å². The largest absolute Gasteiger partial charge is 0.493 e. The first kappa shape index (κ1) is 16.7. The summed E-state index contributed by atoms with van der Waals surface area (Å²) in [6.45, 7) is 4.36. The summed E-state index contributed by atoms with van der Waals surface area (Å²) in [4.78, 5) is 16.2. The van der Waals surface area contributed by atoms with Crippen LogP contribution in [-0.4, -0.2) is 27.3 Å². The highest BCUT2D eigenvalue weighted by Crippen LogP contribution is 2.19. The predicted molar refractivity (Wildman–Crippen MR) is 96.0 cm³/mol. The maximum absolute atomic E-state index is 12.2. The highest BCUT2D eigenvalue weighted by molar-refractivity contribution is 5.92. The summed E-state index contributed by atoms with van der Waals surface area (Å²) >= 11 is 0. The van der Waals surface area contributed by atoms with Gasteiger partial charge in [0.25, 0.3) is 0 Å². The first-order chi connectivity index (χ1) is 12.1. The first-order valence-corrected chi connectivity index (χ1v) is 8.07. The number of hydrogen-bond acceptors (Lipinski definition) is 4. The first-order valence-electron chi connectivity index (χ1n) is 8.07. The van der Waals surface area contributed by atoms with Crippen molar-refractivity contribution < 1.29 is 9.53 Å². The van der Waals surface area contributed by atoms with Crippen LogP contribution >= 0.6 is 0 Å². The summed E-state index contributed by atoms with van der Waals surface area (Å²) in [5.41, 5.74) is 3.73. The predicted octanol–water partition coefficient (Wildman–Crippen LogP) is 3.29. The molecule has 2 aromatic carbocycles. The van der Waals surface area contributed by atoms with Gasteiger partial charge in [-0.2, -0.15) is 5.10 Å². The van der Waals surface area contributed by atoms with Crippen LogP contribution in [0.15, 0.2) is 55.1 Å². The Hall–Kier alpha value is -3.15. The van der Waals surface area contributed by atoms with Gasteiger partial charge in [-0.25, -0.2) is 9.67 Å². The van der Waals surface area contributed by atoms with Gasteiger partial charge in [0.1, 0.15) is 18.4 Å². The van der Waals surface area contributed by atoms with Crippen molar-refractivity contribution in [2.75, 3.05) is 11.9 Å². The molecule has 1 heterocycles. The van der Waals surface area contributed by atoms with E-state index in [1.54, 1.807) is 11.0 Å². The fourth-order valence-corrected chi connectivity index (χ4v) is 2.60. The van der Waals surface area contributed by atoms with Crippen LogP contribution in [0, 0.1) is 13.8 Å². The summed E-state index contributed by atoms with van der Waals surface area (Å²) in [6, 6.07) is 13.5. The molecule has 1 aromatic heterocycles. The van der Waals surface area contributed by atoms with Gasteiger partial charge in [0.15, 0.2) is 0 Å². The van der Waals surface area contributed by atoms with Crippen LogP contribution in [0.2, 0.25) is 0 Å². The topological polar surface area (TPSA) is 69.0 Å². The molecule has 6 nitrogen and oxygen atoms in total. The molecular weight excluding hydrogens is 316 g/mol. The molecule has 0 atom stereocenters. The highest BCUT2D eigenvalue weighted by Gasteiger charge is 2.09. The second-order valence-corrected chi connectivity index (χ2v) is 5.83. The van der Waals surface area contributed by atoms with E-state index in [1.807, 2.05) is 50.2 Å². The van der Waals surface area contributed by atoms with Crippen molar-refractivity contribution in [1.82, 2.24) is 14.8 Å². The maximum Gasteiger partial charge on any atom is 0.227 e. The lowest BCUT2D eigenvalue weighted by molar-refractivity contribution is -0.116. The minimum Gasteiger partial charge on any atom is -0.493 e. The second-order valence-electron chi connectivity index (χ2n) is 5.83.